The number of pyridine rings is 1. The van der Waals surface area contributed by atoms with Crippen molar-refractivity contribution in [3.8, 4) is 0 Å². The lowest BCUT2D eigenvalue weighted by Crippen LogP contribution is -2.32. The number of nitrogens with zero attached hydrogens (tertiary/aromatic N) is 2. The molecule has 110 valence electrons. The molecule has 1 aromatic rings. The van der Waals surface area contributed by atoms with Gasteiger partial charge in [-0.2, -0.15) is 0 Å². The maximum Gasteiger partial charge on any atom is 0.253 e. The summed E-state index contributed by atoms with van der Waals surface area (Å²) in [5, 5.41) is 3.11. The van der Waals surface area contributed by atoms with Crippen LogP contribution in [0.3, 0.4) is 0 Å². The smallest absolute Gasteiger partial charge is 0.253 e. The Kier molecular flexibility index (Phi) is 5.39. The van der Waals surface area contributed by atoms with Crippen LogP contribution in [0.15, 0.2) is 18.5 Å². The topological polar surface area (TPSA) is 45.2 Å². The van der Waals surface area contributed by atoms with Crippen molar-refractivity contribution >= 4 is 11.6 Å². The summed E-state index contributed by atoms with van der Waals surface area (Å²) >= 11 is 0. The summed E-state index contributed by atoms with van der Waals surface area (Å²) in [5.41, 5.74) is 1.68. The first-order chi connectivity index (χ1) is 9.70. The molecule has 20 heavy (non-hydrogen) atoms. The second kappa shape index (κ2) is 7.27. The van der Waals surface area contributed by atoms with E-state index in [0.29, 0.717) is 11.6 Å². The molecule has 0 aliphatic heterocycles. The normalized spacial score (nSPS) is 15.3. The molecule has 1 heterocycles. The van der Waals surface area contributed by atoms with Gasteiger partial charge in [0.25, 0.3) is 5.91 Å². The van der Waals surface area contributed by atoms with Crippen LogP contribution in [0.1, 0.15) is 55.8 Å². The highest BCUT2D eigenvalue weighted by Gasteiger charge is 2.18. The molecule has 4 heteroatoms. The van der Waals surface area contributed by atoms with E-state index < -0.39 is 0 Å². The van der Waals surface area contributed by atoms with Crippen molar-refractivity contribution in [3.05, 3.63) is 24.0 Å². The standard InChI is InChI=1S/C16H25N3O/c1-3-4-9-19(2)15-10-13(11-17-12-15)16(20)18-14-7-5-6-8-14/h10-12,14H,3-9H2,1-2H3,(H,18,20). The van der Waals surface area contributed by atoms with Gasteiger partial charge >= 0.3 is 0 Å². The lowest BCUT2D eigenvalue weighted by molar-refractivity contribution is 0.0937. The first-order valence-electron chi connectivity index (χ1n) is 7.67. The predicted molar refractivity (Wildman–Crippen MR) is 82.1 cm³/mol. The number of hydrogen-bond donors (Lipinski definition) is 1. The Labute approximate surface area is 121 Å². The SMILES string of the molecule is CCCCN(C)c1cncc(C(=O)NC2CCCC2)c1. The van der Waals surface area contributed by atoms with E-state index >= 15 is 0 Å². The van der Waals surface area contributed by atoms with E-state index in [1.165, 1.54) is 19.3 Å². The molecule has 1 N–H and O–H groups in total. The highest BCUT2D eigenvalue weighted by Crippen LogP contribution is 2.19. The van der Waals surface area contributed by atoms with Gasteiger partial charge in [-0.25, -0.2) is 0 Å². The van der Waals surface area contributed by atoms with Gasteiger partial charge in [0.15, 0.2) is 0 Å². The summed E-state index contributed by atoms with van der Waals surface area (Å²) in [5.74, 6) is 0.00939. The van der Waals surface area contributed by atoms with E-state index in [4.69, 9.17) is 0 Å². The highest BCUT2D eigenvalue weighted by atomic mass is 16.1. The van der Waals surface area contributed by atoms with Gasteiger partial charge in [0.2, 0.25) is 0 Å². The van der Waals surface area contributed by atoms with Crippen LogP contribution in [-0.2, 0) is 0 Å². The fraction of sp³-hybridized carbons (Fsp3) is 0.625. The van der Waals surface area contributed by atoms with Crippen LogP contribution in [0.4, 0.5) is 5.69 Å². The van der Waals surface area contributed by atoms with E-state index in [2.05, 4.69) is 22.1 Å². The number of nitrogens with one attached hydrogen (secondary N) is 1. The Morgan fingerprint density at radius 1 is 1.40 bits per heavy atom. The fourth-order valence-corrected chi connectivity index (χ4v) is 2.62. The molecule has 0 atom stereocenters. The number of carbonyl (C=O) groups excluding carboxylic acids is 1. The Bertz CT molecular complexity index is 441. The zero-order valence-electron chi connectivity index (χ0n) is 12.6. The Morgan fingerprint density at radius 3 is 2.85 bits per heavy atom. The van der Waals surface area contributed by atoms with Gasteiger partial charge in [0.05, 0.1) is 17.4 Å². The number of carbonyl (C=O) groups is 1. The quantitative estimate of drug-likeness (QED) is 0.868. The van der Waals surface area contributed by atoms with E-state index in [1.807, 2.05) is 19.3 Å². The maximum atomic E-state index is 12.2. The molecular formula is C16H25N3O. The minimum atomic E-state index is 0.00939. The van der Waals surface area contributed by atoms with Gasteiger partial charge in [-0.3, -0.25) is 9.78 Å². The number of amides is 1. The van der Waals surface area contributed by atoms with Crippen molar-refractivity contribution in [1.82, 2.24) is 10.3 Å². The zero-order chi connectivity index (χ0) is 14.4. The van der Waals surface area contributed by atoms with Crippen LogP contribution >= 0.6 is 0 Å². The van der Waals surface area contributed by atoms with Gasteiger partial charge in [-0.05, 0) is 25.3 Å². The van der Waals surface area contributed by atoms with Crippen LogP contribution < -0.4 is 10.2 Å². The molecule has 1 saturated carbocycles. The van der Waals surface area contributed by atoms with Crippen LogP contribution in [0.5, 0.6) is 0 Å². The average Bonchev–Trinajstić information content (AvgIpc) is 2.97. The first-order valence-corrected chi connectivity index (χ1v) is 7.67. The molecule has 0 radical (unpaired) electrons. The van der Waals surface area contributed by atoms with Crippen molar-refractivity contribution in [2.45, 2.75) is 51.5 Å². The number of anilines is 1. The number of aromatic nitrogens is 1. The molecular weight excluding hydrogens is 250 g/mol. The minimum Gasteiger partial charge on any atom is -0.373 e. The van der Waals surface area contributed by atoms with Gasteiger partial charge < -0.3 is 10.2 Å². The first kappa shape index (κ1) is 14.8. The summed E-state index contributed by atoms with van der Waals surface area (Å²) in [6.07, 6.45) is 10.5. The summed E-state index contributed by atoms with van der Waals surface area (Å²) in [6.45, 7) is 3.17. The van der Waals surface area contributed by atoms with Crippen LogP contribution in [0.2, 0.25) is 0 Å². The molecule has 1 amide bonds. The van der Waals surface area contributed by atoms with E-state index in [1.54, 1.807) is 6.20 Å². The Morgan fingerprint density at radius 2 is 2.15 bits per heavy atom. The third-order valence-electron chi connectivity index (χ3n) is 3.96. The maximum absolute atomic E-state index is 12.2. The van der Waals surface area contributed by atoms with Crippen molar-refractivity contribution in [2.24, 2.45) is 0 Å². The van der Waals surface area contributed by atoms with Crippen molar-refractivity contribution in [1.29, 1.82) is 0 Å². The highest BCUT2D eigenvalue weighted by molar-refractivity contribution is 5.94. The van der Waals surface area contributed by atoms with Crippen LogP contribution in [-0.4, -0.2) is 30.5 Å². The zero-order valence-corrected chi connectivity index (χ0v) is 12.6. The predicted octanol–water partition coefficient (Wildman–Crippen LogP) is 2.99. The Balaban J connectivity index is 1.98. The summed E-state index contributed by atoms with van der Waals surface area (Å²) in [7, 11) is 2.05. The van der Waals surface area contributed by atoms with Crippen LogP contribution in [0, 0.1) is 0 Å². The minimum absolute atomic E-state index is 0.00939. The number of hydrogen-bond acceptors (Lipinski definition) is 3. The monoisotopic (exact) mass is 275 g/mol. The van der Waals surface area contributed by atoms with E-state index in [9.17, 15) is 4.79 Å². The van der Waals surface area contributed by atoms with Crippen molar-refractivity contribution in [2.75, 3.05) is 18.5 Å². The third-order valence-corrected chi connectivity index (χ3v) is 3.96. The molecule has 1 aromatic heterocycles. The molecule has 0 bridgehead atoms. The fourth-order valence-electron chi connectivity index (χ4n) is 2.62. The summed E-state index contributed by atoms with van der Waals surface area (Å²) < 4.78 is 0. The van der Waals surface area contributed by atoms with Gasteiger partial charge in [-0.1, -0.05) is 26.2 Å². The van der Waals surface area contributed by atoms with Crippen LogP contribution in [0.25, 0.3) is 0 Å². The van der Waals surface area contributed by atoms with Crippen molar-refractivity contribution < 1.29 is 4.79 Å². The molecule has 0 saturated heterocycles. The van der Waals surface area contributed by atoms with Gasteiger partial charge in [0, 0.05) is 25.8 Å². The third kappa shape index (κ3) is 3.95. The largest absolute Gasteiger partial charge is 0.373 e. The second-order valence-corrected chi connectivity index (χ2v) is 5.66. The molecule has 4 nitrogen and oxygen atoms in total. The van der Waals surface area contributed by atoms with E-state index in [0.717, 1.165) is 31.5 Å². The summed E-state index contributed by atoms with van der Waals surface area (Å²) in [6, 6.07) is 2.29. The Hall–Kier alpha value is -1.58. The number of rotatable bonds is 6. The molecule has 0 spiro atoms. The second-order valence-electron chi connectivity index (χ2n) is 5.66. The molecule has 1 aliphatic carbocycles. The van der Waals surface area contributed by atoms with Crippen molar-refractivity contribution in [3.63, 3.8) is 0 Å². The van der Waals surface area contributed by atoms with Gasteiger partial charge in [0.1, 0.15) is 0 Å². The lowest BCUT2D eigenvalue weighted by Gasteiger charge is -2.19. The van der Waals surface area contributed by atoms with Gasteiger partial charge in [-0.15, -0.1) is 0 Å². The molecule has 0 aromatic carbocycles. The molecule has 2 rings (SSSR count). The lowest BCUT2D eigenvalue weighted by atomic mass is 10.2. The average molecular weight is 275 g/mol. The number of unbranched alkanes of at least 4 members (excludes halogenated alkanes) is 1. The molecule has 1 aliphatic rings. The molecule has 0 unspecified atom stereocenters. The van der Waals surface area contributed by atoms with E-state index in [-0.39, 0.29) is 5.91 Å². The molecule has 1 fully saturated rings. The summed E-state index contributed by atoms with van der Waals surface area (Å²) in [4.78, 5) is 18.6.